The van der Waals surface area contributed by atoms with Crippen LogP contribution in [0.15, 0.2) is 35.6 Å². The molecule has 0 aliphatic carbocycles. The minimum atomic E-state index is -3.05. The lowest BCUT2D eigenvalue weighted by atomic mass is 9.78. The average Bonchev–Trinajstić information content (AvgIpc) is 3.13. The second-order valence-electron chi connectivity index (χ2n) is 7.32. The van der Waals surface area contributed by atoms with Crippen LogP contribution >= 0.6 is 11.8 Å². The number of amidine groups is 1. The molecule has 0 saturated carbocycles. The average molecular weight is 467 g/mol. The van der Waals surface area contributed by atoms with Crippen LogP contribution in [0.1, 0.15) is 29.4 Å². The normalized spacial score (nSPS) is 24.7. The van der Waals surface area contributed by atoms with Crippen molar-refractivity contribution < 1.29 is 27.4 Å². The summed E-state index contributed by atoms with van der Waals surface area (Å²) in [5.74, 6) is -0.970. The van der Waals surface area contributed by atoms with Gasteiger partial charge in [0.15, 0.2) is 5.17 Å². The number of fused-ring (bicyclic) bond motifs is 1. The largest absolute Gasteiger partial charge is 0.415 e. The van der Waals surface area contributed by atoms with E-state index in [0.717, 1.165) is 18.8 Å². The van der Waals surface area contributed by atoms with Gasteiger partial charge in [-0.15, -0.1) is 0 Å². The summed E-state index contributed by atoms with van der Waals surface area (Å²) in [5.41, 5.74) is 5.47. The maximum Gasteiger partial charge on any atom is 0.388 e. The second kappa shape index (κ2) is 8.94. The lowest BCUT2D eigenvalue weighted by Gasteiger charge is -2.36. The van der Waals surface area contributed by atoms with Crippen molar-refractivity contribution in [3.8, 4) is 5.88 Å². The molecule has 1 aromatic heterocycles. The minimum absolute atomic E-state index is 0.0708. The molecule has 8 nitrogen and oxygen atoms in total. The van der Waals surface area contributed by atoms with Crippen molar-refractivity contribution in [2.75, 3.05) is 17.7 Å². The predicted molar refractivity (Wildman–Crippen MR) is 112 cm³/mol. The number of aromatic nitrogens is 2. The minimum Gasteiger partial charge on any atom is -0.415 e. The van der Waals surface area contributed by atoms with Gasteiger partial charge in [0, 0.05) is 22.9 Å². The van der Waals surface area contributed by atoms with Gasteiger partial charge in [-0.25, -0.2) is 19.4 Å². The number of nitrogens with zero attached hydrogens (tertiary/aromatic N) is 3. The fraction of sp³-hybridized carbons (Fsp3) is 0.400. The number of halogens is 3. The van der Waals surface area contributed by atoms with Crippen molar-refractivity contribution in [1.29, 1.82) is 0 Å². The highest BCUT2D eigenvalue weighted by atomic mass is 32.2. The number of amides is 1. The molecule has 0 spiro atoms. The van der Waals surface area contributed by atoms with E-state index in [0.29, 0.717) is 16.6 Å². The van der Waals surface area contributed by atoms with E-state index >= 15 is 0 Å². The van der Waals surface area contributed by atoms with Gasteiger partial charge in [0.25, 0.3) is 5.91 Å². The van der Waals surface area contributed by atoms with Gasteiger partial charge >= 0.3 is 6.61 Å². The Balaban J connectivity index is 1.60. The van der Waals surface area contributed by atoms with Crippen LogP contribution in [0.2, 0.25) is 0 Å². The molecule has 2 aliphatic heterocycles. The molecule has 3 atom stereocenters. The highest BCUT2D eigenvalue weighted by molar-refractivity contribution is 8.13. The third-order valence-electron chi connectivity index (χ3n) is 5.46. The van der Waals surface area contributed by atoms with Crippen LogP contribution in [0.3, 0.4) is 0 Å². The Morgan fingerprint density at radius 3 is 2.91 bits per heavy atom. The number of anilines is 1. The molecule has 3 N–H and O–H groups in total. The van der Waals surface area contributed by atoms with Crippen LogP contribution in [0.5, 0.6) is 5.88 Å². The number of rotatable bonds is 6. The Morgan fingerprint density at radius 2 is 2.22 bits per heavy atom. The van der Waals surface area contributed by atoms with E-state index in [9.17, 15) is 18.0 Å². The maximum atomic E-state index is 15.0. The molecule has 1 amide bonds. The molecule has 2 aliphatic rings. The molecular formula is C20H20F3N5O3S. The van der Waals surface area contributed by atoms with E-state index < -0.39 is 29.8 Å². The summed E-state index contributed by atoms with van der Waals surface area (Å²) in [6.07, 6.45) is 2.59. The molecule has 1 saturated heterocycles. The molecule has 0 unspecified atom stereocenters. The number of alkyl halides is 2. The fourth-order valence-corrected chi connectivity index (χ4v) is 5.05. The molecule has 0 bridgehead atoms. The second-order valence-corrected chi connectivity index (χ2v) is 8.36. The smallest absolute Gasteiger partial charge is 0.388 e. The first kappa shape index (κ1) is 22.3. The van der Waals surface area contributed by atoms with Crippen LogP contribution in [-0.4, -0.2) is 46.1 Å². The highest BCUT2D eigenvalue weighted by Gasteiger charge is 2.53. The Hall–Kier alpha value is -2.86. The Bertz CT molecular complexity index is 1040. The van der Waals surface area contributed by atoms with E-state index in [1.165, 1.54) is 30.0 Å². The number of benzene rings is 1. The van der Waals surface area contributed by atoms with Gasteiger partial charge in [-0.3, -0.25) is 4.79 Å². The summed E-state index contributed by atoms with van der Waals surface area (Å²) >= 11 is 1.41. The van der Waals surface area contributed by atoms with Gasteiger partial charge in [0.2, 0.25) is 5.88 Å². The van der Waals surface area contributed by atoms with Crippen LogP contribution in [0.25, 0.3) is 0 Å². The molecule has 32 heavy (non-hydrogen) atoms. The Morgan fingerprint density at radius 1 is 1.41 bits per heavy atom. The fourth-order valence-electron chi connectivity index (χ4n) is 3.98. The SMILES string of the molecule is CC[C@H]1OC[C@]2(c3cc(NC(=O)c4cnc(OC(F)F)cn4)ccc3F)N=C(N)SC[C@H]12. The van der Waals surface area contributed by atoms with Crippen LogP contribution in [-0.2, 0) is 10.3 Å². The van der Waals surface area contributed by atoms with Gasteiger partial charge in [-0.05, 0) is 24.6 Å². The van der Waals surface area contributed by atoms with Gasteiger partial charge in [-0.1, -0.05) is 18.7 Å². The van der Waals surface area contributed by atoms with E-state index in [1.54, 1.807) is 0 Å². The molecule has 3 heterocycles. The van der Waals surface area contributed by atoms with Gasteiger partial charge < -0.3 is 20.5 Å². The van der Waals surface area contributed by atoms with Gasteiger partial charge in [-0.2, -0.15) is 8.78 Å². The molecule has 12 heteroatoms. The van der Waals surface area contributed by atoms with E-state index in [2.05, 4.69) is 25.0 Å². The molecule has 1 aromatic carbocycles. The summed E-state index contributed by atoms with van der Waals surface area (Å²) in [6.45, 7) is -0.867. The van der Waals surface area contributed by atoms with E-state index in [-0.39, 0.29) is 29.9 Å². The standard InChI is InChI=1S/C20H20F3N5O3S/c1-2-15-12-8-32-19(24)28-20(12,9-30-15)11-5-10(3-4-13(11)21)27-17(29)14-6-26-16(7-25-14)31-18(22)23/h3-7,12,15,18H,2,8-9H2,1H3,(H2,24,28)(H,27,29)/t12-,15-,20-/m1/s1. The third kappa shape index (κ3) is 4.24. The van der Waals surface area contributed by atoms with Gasteiger partial charge in [0.05, 0.1) is 25.1 Å². The zero-order valence-electron chi connectivity index (χ0n) is 16.9. The summed E-state index contributed by atoms with van der Waals surface area (Å²) in [5, 5.41) is 2.97. The summed E-state index contributed by atoms with van der Waals surface area (Å²) < 4.78 is 49.5. The Labute approximate surface area is 185 Å². The van der Waals surface area contributed by atoms with Crippen LogP contribution in [0, 0.1) is 11.7 Å². The number of thioether (sulfide) groups is 1. The number of hydrogen-bond donors (Lipinski definition) is 2. The molecule has 1 fully saturated rings. The number of nitrogens with two attached hydrogens (primary N) is 1. The number of carbonyl (C=O) groups is 1. The van der Waals surface area contributed by atoms with Crippen molar-refractivity contribution in [3.05, 3.63) is 47.7 Å². The van der Waals surface area contributed by atoms with Crippen molar-refractivity contribution in [2.45, 2.75) is 31.6 Å². The predicted octanol–water partition coefficient (Wildman–Crippen LogP) is 3.15. The van der Waals surface area contributed by atoms with Gasteiger partial charge in [0.1, 0.15) is 17.1 Å². The number of carbonyl (C=O) groups excluding carboxylic acids is 1. The van der Waals surface area contributed by atoms with Crippen molar-refractivity contribution in [2.24, 2.45) is 16.6 Å². The number of hydrogen-bond acceptors (Lipinski definition) is 8. The third-order valence-corrected chi connectivity index (χ3v) is 6.38. The van der Waals surface area contributed by atoms with Crippen molar-refractivity contribution in [3.63, 3.8) is 0 Å². The topological polar surface area (TPSA) is 112 Å². The first-order chi connectivity index (χ1) is 15.3. The summed E-state index contributed by atoms with van der Waals surface area (Å²) in [7, 11) is 0. The highest BCUT2D eigenvalue weighted by Crippen LogP contribution is 2.49. The Kier molecular flexibility index (Phi) is 6.24. The molecule has 4 rings (SSSR count). The zero-order chi connectivity index (χ0) is 22.9. The van der Waals surface area contributed by atoms with Crippen molar-refractivity contribution in [1.82, 2.24) is 9.97 Å². The molecule has 0 radical (unpaired) electrons. The number of ether oxygens (including phenoxy) is 2. The summed E-state index contributed by atoms with van der Waals surface area (Å²) in [4.78, 5) is 24.5. The van der Waals surface area contributed by atoms with Crippen molar-refractivity contribution >= 4 is 28.5 Å². The molecular weight excluding hydrogens is 447 g/mol. The quantitative estimate of drug-likeness (QED) is 0.671. The lowest BCUT2D eigenvalue weighted by molar-refractivity contribution is -0.0531. The lowest BCUT2D eigenvalue weighted by Crippen LogP contribution is -2.42. The van der Waals surface area contributed by atoms with E-state index in [4.69, 9.17) is 10.5 Å². The molecule has 2 aromatic rings. The summed E-state index contributed by atoms with van der Waals surface area (Å²) in [6, 6.07) is 4.16. The van der Waals surface area contributed by atoms with E-state index in [1.807, 2.05) is 6.92 Å². The molecule has 170 valence electrons. The first-order valence-corrected chi connectivity index (χ1v) is 10.8. The number of nitrogens with one attached hydrogen (secondary N) is 1. The zero-order valence-corrected chi connectivity index (χ0v) is 17.7. The maximum absolute atomic E-state index is 15.0. The first-order valence-electron chi connectivity index (χ1n) is 9.80. The monoisotopic (exact) mass is 467 g/mol. The van der Waals surface area contributed by atoms with Crippen LogP contribution in [0.4, 0.5) is 18.9 Å². The number of aliphatic imine (C=N–C) groups is 1. The van der Waals surface area contributed by atoms with Crippen LogP contribution < -0.4 is 15.8 Å².